The Morgan fingerprint density at radius 2 is 1.97 bits per heavy atom. The van der Waals surface area contributed by atoms with Gasteiger partial charge in [0.25, 0.3) is 0 Å². The van der Waals surface area contributed by atoms with E-state index < -0.39 is 41.9 Å². The summed E-state index contributed by atoms with van der Waals surface area (Å²) in [7, 11) is 0. The summed E-state index contributed by atoms with van der Waals surface area (Å²) >= 11 is 0. The number of rotatable bonds is 11. The first-order valence-corrected chi connectivity index (χ1v) is 10.5. The number of halogens is 3. The molecule has 0 aliphatic heterocycles. The fraction of sp³-hybridized carbons (Fsp3) is 0.522. The van der Waals surface area contributed by atoms with Crippen LogP contribution in [0.1, 0.15) is 37.7 Å². The molecule has 0 radical (unpaired) electrons. The molecule has 1 aromatic carbocycles. The third-order valence-electron chi connectivity index (χ3n) is 5.38. The van der Waals surface area contributed by atoms with Gasteiger partial charge in [-0.1, -0.05) is 30.4 Å². The average Bonchev–Trinajstić information content (AvgIpc) is 2.99. The molecule has 6 nitrogen and oxygen atoms in total. The molecule has 0 heterocycles. The molecule has 1 fully saturated rings. The van der Waals surface area contributed by atoms with Crippen LogP contribution >= 0.6 is 0 Å². The van der Waals surface area contributed by atoms with Crippen molar-refractivity contribution in [3.63, 3.8) is 0 Å². The molecule has 0 spiro atoms. The molecule has 1 saturated carbocycles. The Bertz CT molecular complexity index is 799. The molecular formula is C23H28F3NaO6. The number of hydrogen-bond acceptors (Lipinski definition) is 6. The summed E-state index contributed by atoms with van der Waals surface area (Å²) in [4.78, 5) is 10.4. The van der Waals surface area contributed by atoms with Gasteiger partial charge in [0.2, 0.25) is 0 Å². The molecule has 0 aromatic heterocycles. The molecule has 0 bridgehead atoms. The summed E-state index contributed by atoms with van der Waals surface area (Å²) in [6.45, 7) is -0.272. The fourth-order valence-corrected chi connectivity index (χ4v) is 3.70. The summed E-state index contributed by atoms with van der Waals surface area (Å²) in [5.41, 5.74) is -0.848. The molecule has 0 amide bonds. The van der Waals surface area contributed by atoms with Gasteiger partial charge in [0.1, 0.15) is 18.5 Å². The normalized spacial score (nSPS) is 24.2. The number of carboxylic acid groups (broad SMARTS) is 1. The Hall–Kier alpha value is -1.36. The Kier molecular flexibility index (Phi) is 12.7. The van der Waals surface area contributed by atoms with Gasteiger partial charge in [-0.15, -0.1) is 0 Å². The summed E-state index contributed by atoms with van der Waals surface area (Å²) in [6, 6.07) is 4.35. The van der Waals surface area contributed by atoms with Crippen molar-refractivity contribution < 1.29 is 72.7 Å². The number of ether oxygens (including phenoxy) is 1. The zero-order valence-electron chi connectivity index (χ0n) is 18.4. The van der Waals surface area contributed by atoms with Crippen LogP contribution in [0.5, 0.6) is 5.75 Å². The quantitative estimate of drug-likeness (QED) is 0.218. The van der Waals surface area contributed by atoms with E-state index >= 15 is 0 Å². The topological polar surface area (TPSA) is 110 Å². The van der Waals surface area contributed by atoms with Gasteiger partial charge in [-0.3, -0.25) is 0 Å². The van der Waals surface area contributed by atoms with Crippen LogP contribution in [-0.2, 0) is 11.0 Å². The number of hydrogen-bond donors (Lipinski definition) is 3. The Labute approximate surface area is 213 Å². The predicted molar refractivity (Wildman–Crippen MR) is 108 cm³/mol. The number of unbranched alkanes of at least 4 members (excludes halogenated alkanes) is 1. The van der Waals surface area contributed by atoms with Gasteiger partial charge < -0.3 is 30.0 Å². The summed E-state index contributed by atoms with van der Waals surface area (Å²) in [5.74, 6) is -1.82. The number of alkyl halides is 3. The van der Waals surface area contributed by atoms with E-state index in [9.17, 15) is 38.4 Å². The second kappa shape index (κ2) is 14.1. The number of carbonyl (C=O) groups is 1. The van der Waals surface area contributed by atoms with Crippen LogP contribution in [0, 0.1) is 11.8 Å². The van der Waals surface area contributed by atoms with Crippen molar-refractivity contribution in [3.8, 4) is 5.75 Å². The molecular weight excluding hydrogens is 452 g/mol. The van der Waals surface area contributed by atoms with E-state index in [1.807, 2.05) is 12.2 Å². The third kappa shape index (κ3) is 10.2. The minimum absolute atomic E-state index is 0. The Balaban J connectivity index is 0.00000544. The smallest absolute Gasteiger partial charge is 0.550 e. The standard InChI is InChI=1S/C23H29F3O6.Na/c24-23(25,26)15-6-5-7-17(12-15)32-14-16(27)10-11-19-18(20(28)13-21(19)29)8-3-1-2-4-9-22(30)31;/h1,3,5-7,10-12,16,18-21,27-29H,2,4,8-9,13-14H2,(H,30,31);/q;+1/p-1/b3-1-,11-10+;/t16-,18-,19-,20+,21-;/m0./s1. The third-order valence-corrected chi connectivity index (χ3v) is 5.38. The number of aliphatic hydroxyl groups excluding tert-OH is 3. The Morgan fingerprint density at radius 3 is 2.64 bits per heavy atom. The maximum absolute atomic E-state index is 12.8. The average molecular weight is 480 g/mol. The monoisotopic (exact) mass is 480 g/mol. The largest absolute Gasteiger partial charge is 1.00 e. The molecule has 3 N–H and O–H groups in total. The van der Waals surface area contributed by atoms with Gasteiger partial charge >= 0.3 is 35.7 Å². The molecule has 0 saturated heterocycles. The summed E-state index contributed by atoms with van der Waals surface area (Å²) in [6.07, 6.45) is 1.15. The zero-order valence-corrected chi connectivity index (χ0v) is 20.4. The van der Waals surface area contributed by atoms with Gasteiger partial charge in [0.05, 0.1) is 17.8 Å². The van der Waals surface area contributed by atoms with Crippen molar-refractivity contribution in [3.05, 3.63) is 54.1 Å². The van der Waals surface area contributed by atoms with Gasteiger partial charge in [-0.05, 0) is 49.8 Å². The van der Waals surface area contributed by atoms with Crippen LogP contribution in [0.15, 0.2) is 48.6 Å². The van der Waals surface area contributed by atoms with Gasteiger partial charge in [0, 0.05) is 18.3 Å². The van der Waals surface area contributed by atoms with Crippen molar-refractivity contribution in [2.24, 2.45) is 11.8 Å². The molecule has 33 heavy (non-hydrogen) atoms. The van der Waals surface area contributed by atoms with Crippen molar-refractivity contribution >= 4 is 5.97 Å². The Morgan fingerprint density at radius 1 is 1.24 bits per heavy atom. The van der Waals surface area contributed by atoms with Crippen molar-refractivity contribution in [2.45, 2.75) is 56.6 Å². The van der Waals surface area contributed by atoms with Gasteiger partial charge in [0.15, 0.2) is 0 Å². The minimum Gasteiger partial charge on any atom is -0.550 e. The number of benzene rings is 1. The maximum Gasteiger partial charge on any atom is 1.00 e. The van der Waals surface area contributed by atoms with Crippen LogP contribution in [0.4, 0.5) is 13.2 Å². The van der Waals surface area contributed by atoms with Crippen LogP contribution in [0.2, 0.25) is 0 Å². The number of aliphatic carboxylic acids is 1. The molecule has 1 aliphatic carbocycles. The summed E-state index contributed by atoms with van der Waals surface area (Å²) < 4.78 is 43.5. The van der Waals surface area contributed by atoms with Crippen molar-refractivity contribution in [1.82, 2.24) is 0 Å². The van der Waals surface area contributed by atoms with E-state index in [-0.39, 0.29) is 60.7 Å². The number of carboxylic acids is 1. The van der Waals surface area contributed by atoms with E-state index in [1.54, 1.807) is 6.08 Å². The first kappa shape index (κ1) is 29.7. The molecule has 1 aromatic rings. The van der Waals surface area contributed by atoms with E-state index in [0.717, 1.165) is 12.1 Å². The molecule has 10 heteroatoms. The number of allylic oxidation sites excluding steroid dienone is 2. The second-order valence-corrected chi connectivity index (χ2v) is 7.87. The van der Waals surface area contributed by atoms with E-state index in [0.29, 0.717) is 19.3 Å². The van der Waals surface area contributed by atoms with E-state index in [4.69, 9.17) is 4.74 Å². The van der Waals surface area contributed by atoms with Crippen LogP contribution in [0.3, 0.4) is 0 Å². The molecule has 1 aliphatic rings. The van der Waals surface area contributed by atoms with Crippen LogP contribution < -0.4 is 39.4 Å². The van der Waals surface area contributed by atoms with Gasteiger partial charge in [-0.25, -0.2) is 0 Å². The van der Waals surface area contributed by atoms with E-state index in [2.05, 4.69) is 0 Å². The predicted octanol–water partition coefficient (Wildman–Crippen LogP) is -0.770. The van der Waals surface area contributed by atoms with Gasteiger partial charge in [-0.2, -0.15) is 13.2 Å². The zero-order chi connectivity index (χ0) is 23.7. The van der Waals surface area contributed by atoms with Crippen molar-refractivity contribution in [1.29, 1.82) is 0 Å². The first-order chi connectivity index (χ1) is 15.1. The fourth-order valence-electron chi connectivity index (χ4n) is 3.70. The van der Waals surface area contributed by atoms with Crippen LogP contribution in [-0.4, -0.2) is 46.2 Å². The van der Waals surface area contributed by atoms with E-state index in [1.165, 1.54) is 18.2 Å². The van der Waals surface area contributed by atoms with Crippen molar-refractivity contribution in [2.75, 3.05) is 6.61 Å². The molecule has 5 atom stereocenters. The maximum atomic E-state index is 12.8. The molecule has 2 rings (SSSR count). The van der Waals surface area contributed by atoms with Crippen LogP contribution in [0.25, 0.3) is 0 Å². The molecule has 0 unspecified atom stereocenters. The first-order valence-electron chi connectivity index (χ1n) is 10.5. The second-order valence-electron chi connectivity index (χ2n) is 7.87. The number of aliphatic hydroxyl groups is 3. The summed E-state index contributed by atoms with van der Waals surface area (Å²) in [5, 5.41) is 41.0. The minimum atomic E-state index is -4.49. The SMILES string of the molecule is O=C([O-])CCC/C=C\C[C@H]1[C@H](/C=C/[C@H](O)COc2cccc(C(F)(F)F)c2)[C@@H](O)C[C@H]1O.[Na+]. The number of carbonyl (C=O) groups excluding carboxylic acids is 1. The molecule has 178 valence electrons.